The van der Waals surface area contributed by atoms with Crippen molar-refractivity contribution in [2.24, 2.45) is 0 Å². The lowest BCUT2D eigenvalue weighted by atomic mass is 10.0. The molecule has 9 nitrogen and oxygen atoms in total. The molecule has 0 spiro atoms. The van der Waals surface area contributed by atoms with E-state index in [1.54, 1.807) is 24.3 Å². The Balaban J connectivity index is 1.51. The van der Waals surface area contributed by atoms with E-state index in [1.165, 1.54) is 30.3 Å². The Labute approximate surface area is 217 Å². The third kappa shape index (κ3) is 4.99. The molecule has 12 heteroatoms. The van der Waals surface area contributed by atoms with Crippen molar-refractivity contribution in [3.63, 3.8) is 0 Å². The second-order valence-electron chi connectivity index (χ2n) is 7.78. The molecular weight excluding hydrogens is 523 g/mol. The van der Waals surface area contributed by atoms with Gasteiger partial charge in [0.25, 0.3) is 22.7 Å². The van der Waals surface area contributed by atoms with E-state index in [4.69, 9.17) is 16.3 Å². The number of aromatic nitrogens is 2. The van der Waals surface area contributed by atoms with Crippen LogP contribution in [-0.4, -0.2) is 30.9 Å². The highest BCUT2D eigenvalue weighted by atomic mass is 35.5. The van der Waals surface area contributed by atoms with Crippen LogP contribution in [0.25, 0.3) is 16.8 Å². The van der Waals surface area contributed by atoms with E-state index in [0.29, 0.717) is 16.5 Å². The molecule has 3 aromatic carbocycles. The number of non-ortho nitro benzene ring substituents is 1. The number of nitrogens with zero attached hydrogens (tertiary/aromatic N) is 4. The van der Waals surface area contributed by atoms with Gasteiger partial charge >= 0.3 is 0 Å². The molecule has 1 saturated heterocycles. The number of hydrogen-bond acceptors (Lipinski definition) is 8. The molecule has 37 heavy (non-hydrogen) atoms. The summed E-state index contributed by atoms with van der Waals surface area (Å²) in [4.78, 5) is 44.8. The quantitative estimate of drug-likeness (QED) is 0.121. The molecular formula is C25H14ClFN4O5S. The van der Waals surface area contributed by atoms with Crippen molar-refractivity contribution in [3.8, 4) is 11.6 Å². The van der Waals surface area contributed by atoms with Gasteiger partial charge in [0.05, 0.1) is 22.6 Å². The average molecular weight is 537 g/mol. The van der Waals surface area contributed by atoms with Gasteiger partial charge in [-0.3, -0.25) is 24.6 Å². The van der Waals surface area contributed by atoms with Gasteiger partial charge in [-0.25, -0.2) is 4.98 Å². The summed E-state index contributed by atoms with van der Waals surface area (Å²) in [6.07, 6.45) is 2.40. The van der Waals surface area contributed by atoms with Crippen molar-refractivity contribution in [2.75, 3.05) is 0 Å². The summed E-state index contributed by atoms with van der Waals surface area (Å²) < 4.78 is 20.0. The topological polar surface area (TPSA) is 116 Å². The van der Waals surface area contributed by atoms with Crippen LogP contribution in [0, 0.1) is 15.9 Å². The van der Waals surface area contributed by atoms with Crippen LogP contribution in [0.4, 0.5) is 14.9 Å². The minimum atomic E-state index is -0.827. The number of thioether (sulfide) groups is 1. The van der Waals surface area contributed by atoms with Crippen LogP contribution >= 0.6 is 23.4 Å². The highest BCUT2D eigenvalue weighted by Crippen LogP contribution is 2.39. The van der Waals surface area contributed by atoms with Gasteiger partial charge in [-0.15, -0.1) is 0 Å². The van der Waals surface area contributed by atoms with Crippen molar-refractivity contribution in [1.29, 1.82) is 0 Å². The van der Waals surface area contributed by atoms with Gasteiger partial charge in [-0.05, 0) is 51.8 Å². The number of amides is 2. The number of ether oxygens (including phenoxy) is 1. The number of nitro benzene ring substituents is 1. The molecule has 0 N–H and O–H groups in total. The lowest BCUT2D eigenvalue weighted by Gasteiger charge is -2.13. The van der Waals surface area contributed by atoms with Crippen LogP contribution in [0.15, 0.2) is 71.8 Å². The second-order valence-corrected chi connectivity index (χ2v) is 9.12. The molecule has 0 saturated carbocycles. The molecule has 1 aromatic heterocycles. The van der Waals surface area contributed by atoms with Crippen LogP contribution < -0.4 is 4.74 Å². The second kappa shape index (κ2) is 9.96. The monoisotopic (exact) mass is 536 g/mol. The van der Waals surface area contributed by atoms with E-state index < -0.39 is 27.8 Å². The number of fused-ring (bicyclic) bond motifs is 1. The van der Waals surface area contributed by atoms with E-state index in [2.05, 4.69) is 9.97 Å². The number of imide groups is 1. The molecule has 0 radical (unpaired) electrons. The third-order valence-electron chi connectivity index (χ3n) is 5.46. The molecule has 5 rings (SSSR count). The van der Waals surface area contributed by atoms with Crippen molar-refractivity contribution < 1.29 is 23.6 Å². The molecule has 1 aliphatic rings. The molecule has 0 aliphatic carbocycles. The Morgan fingerprint density at radius 2 is 1.86 bits per heavy atom. The standard InChI is InChI=1S/C25H14ClFN4O5S/c26-24-28-12-19(27)22(29-24)36-20-10-7-15-3-1-2-4-17(15)18(20)11-21-23(32)30(25(33)37-21)13-14-5-8-16(9-6-14)31(34)35/h1-12H,13H2/b21-11+. The number of halogens is 2. The van der Waals surface area contributed by atoms with Crippen molar-refractivity contribution in [1.82, 2.24) is 14.9 Å². The molecule has 0 bridgehead atoms. The van der Waals surface area contributed by atoms with E-state index >= 15 is 0 Å². The highest BCUT2D eigenvalue weighted by molar-refractivity contribution is 8.18. The number of nitro groups is 1. The van der Waals surface area contributed by atoms with Crippen LogP contribution in [0.5, 0.6) is 11.6 Å². The minimum Gasteiger partial charge on any atom is -0.436 e. The maximum Gasteiger partial charge on any atom is 0.293 e. The lowest BCUT2D eigenvalue weighted by molar-refractivity contribution is -0.384. The van der Waals surface area contributed by atoms with Gasteiger partial charge in [0.2, 0.25) is 11.1 Å². The molecule has 1 aliphatic heterocycles. The number of carbonyl (C=O) groups excluding carboxylic acids is 2. The Bertz CT molecular complexity index is 1610. The molecule has 1 fully saturated rings. The SMILES string of the molecule is O=C1S/C(=C/c2c(Oc3nc(Cl)ncc3F)ccc3ccccc23)C(=O)N1Cc1ccc([N+](=O)[O-])cc1. The first-order valence-electron chi connectivity index (χ1n) is 10.7. The fourth-order valence-electron chi connectivity index (χ4n) is 3.69. The molecule has 4 aromatic rings. The number of rotatable bonds is 6. The van der Waals surface area contributed by atoms with Gasteiger partial charge in [-0.1, -0.05) is 42.5 Å². The number of benzene rings is 3. The Hall–Kier alpha value is -4.35. The van der Waals surface area contributed by atoms with E-state index in [1.807, 2.05) is 12.1 Å². The van der Waals surface area contributed by atoms with Gasteiger partial charge in [0, 0.05) is 17.7 Å². The van der Waals surface area contributed by atoms with Crippen LogP contribution in [0.1, 0.15) is 11.1 Å². The van der Waals surface area contributed by atoms with Gasteiger partial charge in [0.15, 0.2) is 0 Å². The predicted molar refractivity (Wildman–Crippen MR) is 136 cm³/mol. The summed E-state index contributed by atoms with van der Waals surface area (Å²) in [7, 11) is 0. The van der Waals surface area contributed by atoms with Crippen LogP contribution in [0.2, 0.25) is 5.28 Å². The molecule has 184 valence electrons. The maximum absolute atomic E-state index is 14.3. The predicted octanol–water partition coefficient (Wildman–Crippen LogP) is 6.36. The van der Waals surface area contributed by atoms with E-state index in [0.717, 1.165) is 28.2 Å². The lowest BCUT2D eigenvalue weighted by Crippen LogP contribution is -2.27. The molecule has 2 heterocycles. The van der Waals surface area contributed by atoms with Crippen molar-refractivity contribution in [3.05, 3.63) is 104 Å². The first kappa shape index (κ1) is 24.3. The van der Waals surface area contributed by atoms with Crippen LogP contribution in [0.3, 0.4) is 0 Å². The molecule has 2 amide bonds. The van der Waals surface area contributed by atoms with Gasteiger partial charge in [0.1, 0.15) is 5.75 Å². The maximum atomic E-state index is 14.3. The summed E-state index contributed by atoms with van der Waals surface area (Å²) in [5, 5.41) is 11.7. The normalized spacial score (nSPS) is 14.5. The van der Waals surface area contributed by atoms with E-state index in [-0.39, 0.29) is 28.2 Å². The third-order valence-corrected chi connectivity index (χ3v) is 6.55. The summed E-state index contributed by atoms with van der Waals surface area (Å²) in [6.45, 7) is -0.0520. The fourth-order valence-corrected chi connectivity index (χ4v) is 4.64. The smallest absolute Gasteiger partial charge is 0.293 e. The summed E-state index contributed by atoms with van der Waals surface area (Å²) in [5.41, 5.74) is 0.898. The Morgan fingerprint density at radius 3 is 2.62 bits per heavy atom. The Kier molecular flexibility index (Phi) is 6.55. The summed E-state index contributed by atoms with van der Waals surface area (Å²) in [5.74, 6) is -1.57. The minimum absolute atomic E-state index is 0.0520. The van der Waals surface area contributed by atoms with Crippen molar-refractivity contribution in [2.45, 2.75) is 6.54 Å². The molecule has 0 atom stereocenters. The van der Waals surface area contributed by atoms with Gasteiger partial charge < -0.3 is 4.74 Å². The first-order chi connectivity index (χ1) is 17.8. The fraction of sp³-hybridized carbons (Fsp3) is 0.0400. The van der Waals surface area contributed by atoms with Gasteiger partial charge in [-0.2, -0.15) is 9.37 Å². The number of hydrogen-bond donors (Lipinski definition) is 0. The first-order valence-corrected chi connectivity index (χ1v) is 11.9. The largest absolute Gasteiger partial charge is 0.436 e. The van der Waals surface area contributed by atoms with Crippen molar-refractivity contribution >= 4 is 57.0 Å². The summed E-state index contributed by atoms with van der Waals surface area (Å²) >= 11 is 6.54. The zero-order valence-electron chi connectivity index (χ0n) is 18.6. The van der Waals surface area contributed by atoms with Crippen LogP contribution in [-0.2, 0) is 11.3 Å². The van der Waals surface area contributed by atoms with E-state index in [9.17, 15) is 24.1 Å². The average Bonchev–Trinajstić information content (AvgIpc) is 3.15. The summed E-state index contributed by atoms with van der Waals surface area (Å²) in [6, 6.07) is 16.3. The zero-order valence-corrected chi connectivity index (χ0v) is 20.2. The Morgan fingerprint density at radius 1 is 1.11 bits per heavy atom. The number of carbonyl (C=O) groups is 2. The molecule has 0 unspecified atom stereocenters. The zero-order chi connectivity index (χ0) is 26.1. The highest BCUT2D eigenvalue weighted by Gasteiger charge is 2.35.